The van der Waals surface area contributed by atoms with Gasteiger partial charge in [0.1, 0.15) is 5.69 Å². The summed E-state index contributed by atoms with van der Waals surface area (Å²) in [5.74, 6) is -0.783. The normalized spacial score (nSPS) is 15.5. The van der Waals surface area contributed by atoms with Gasteiger partial charge in [-0.05, 0) is 18.9 Å². The molecule has 0 bridgehead atoms. The molecule has 0 aromatic carbocycles. The van der Waals surface area contributed by atoms with Crippen LogP contribution in [0.3, 0.4) is 0 Å². The molecule has 1 heterocycles. The molecule has 0 atom stereocenters. The topological polar surface area (TPSA) is 59.3 Å². The number of carbonyl (C=O) groups is 2. The fourth-order valence-electron chi connectivity index (χ4n) is 1.49. The molecule has 14 heavy (non-hydrogen) atoms. The van der Waals surface area contributed by atoms with Crippen LogP contribution < -0.4 is 0 Å². The Morgan fingerprint density at radius 1 is 1.50 bits per heavy atom. The molecule has 0 radical (unpaired) electrons. The van der Waals surface area contributed by atoms with Gasteiger partial charge in [0.2, 0.25) is 0 Å². The highest BCUT2D eigenvalue weighted by Gasteiger charge is 2.31. The van der Waals surface area contributed by atoms with Crippen LogP contribution in [0, 0.1) is 5.92 Å². The molecule has 0 unspecified atom stereocenters. The summed E-state index contributed by atoms with van der Waals surface area (Å²) in [5.41, 5.74) is 0.682. The Hall–Kier alpha value is -1.58. The number of aryl methyl sites for hydroxylation is 1. The standard InChI is InChI=1S/C10H11NO3/c1-11-5-7(4-8(11)10(13)14)9(12)6-2-3-6/h4-6H,2-3H2,1H3,(H,13,14). The van der Waals surface area contributed by atoms with Crippen molar-refractivity contribution in [3.63, 3.8) is 0 Å². The molecule has 74 valence electrons. The molecule has 4 heteroatoms. The maximum Gasteiger partial charge on any atom is 0.352 e. The Labute approximate surface area is 81.2 Å². The lowest BCUT2D eigenvalue weighted by Crippen LogP contribution is -2.02. The smallest absolute Gasteiger partial charge is 0.352 e. The van der Waals surface area contributed by atoms with E-state index in [1.807, 2.05) is 0 Å². The molecule has 1 saturated carbocycles. The number of Topliss-reactive ketones (excluding diaryl/α,β-unsaturated/α-hetero) is 1. The molecule has 1 aliphatic rings. The number of aromatic carboxylic acids is 1. The quantitative estimate of drug-likeness (QED) is 0.736. The van der Waals surface area contributed by atoms with Crippen molar-refractivity contribution in [1.82, 2.24) is 4.57 Å². The Morgan fingerprint density at radius 2 is 2.14 bits per heavy atom. The SMILES string of the molecule is Cn1cc(C(=O)C2CC2)cc1C(=O)O. The zero-order valence-corrected chi connectivity index (χ0v) is 7.86. The first-order chi connectivity index (χ1) is 6.59. The highest BCUT2D eigenvalue weighted by Crippen LogP contribution is 2.32. The summed E-state index contributed by atoms with van der Waals surface area (Å²) >= 11 is 0. The number of hydrogen-bond acceptors (Lipinski definition) is 2. The van der Waals surface area contributed by atoms with E-state index in [1.165, 1.54) is 10.6 Å². The van der Waals surface area contributed by atoms with Gasteiger partial charge < -0.3 is 9.67 Å². The minimum absolute atomic E-state index is 0.0769. The van der Waals surface area contributed by atoms with E-state index in [9.17, 15) is 9.59 Å². The third-order valence-corrected chi connectivity index (χ3v) is 2.46. The first kappa shape index (κ1) is 8.99. The number of aromatic nitrogens is 1. The molecule has 0 aliphatic heterocycles. The summed E-state index contributed by atoms with van der Waals surface area (Å²) in [6.07, 6.45) is 3.47. The summed E-state index contributed by atoms with van der Waals surface area (Å²) in [6.45, 7) is 0. The number of carbonyl (C=O) groups excluding carboxylic acids is 1. The van der Waals surface area contributed by atoms with Crippen LogP contribution in [0.2, 0.25) is 0 Å². The Kier molecular flexibility index (Phi) is 1.91. The van der Waals surface area contributed by atoms with E-state index in [-0.39, 0.29) is 17.4 Å². The second kappa shape index (κ2) is 2.97. The van der Waals surface area contributed by atoms with E-state index in [0.717, 1.165) is 12.8 Å². The second-order valence-electron chi connectivity index (χ2n) is 3.67. The molecule has 2 rings (SSSR count). The Balaban J connectivity index is 2.31. The van der Waals surface area contributed by atoms with Gasteiger partial charge in [0.25, 0.3) is 0 Å². The van der Waals surface area contributed by atoms with Crippen LogP contribution in [0.1, 0.15) is 33.7 Å². The van der Waals surface area contributed by atoms with Gasteiger partial charge in [-0.1, -0.05) is 0 Å². The monoisotopic (exact) mass is 193 g/mol. The summed E-state index contributed by atoms with van der Waals surface area (Å²) < 4.78 is 1.47. The highest BCUT2D eigenvalue weighted by atomic mass is 16.4. The van der Waals surface area contributed by atoms with Crippen molar-refractivity contribution in [2.45, 2.75) is 12.8 Å². The van der Waals surface area contributed by atoms with Crippen LogP contribution in [-0.2, 0) is 7.05 Å². The average Bonchev–Trinajstić information content (AvgIpc) is 2.88. The number of ketones is 1. The third-order valence-electron chi connectivity index (χ3n) is 2.46. The molecule has 1 aromatic heterocycles. The van der Waals surface area contributed by atoms with Crippen molar-refractivity contribution >= 4 is 11.8 Å². The Bertz CT molecular complexity index is 401. The van der Waals surface area contributed by atoms with Crippen molar-refractivity contribution < 1.29 is 14.7 Å². The summed E-state index contributed by atoms with van der Waals surface area (Å²) in [4.78, 5) is 22.3. The predicted octanol–water partition coefficient (Wildman–Crippen LogP) is 1.32. The van der Waals surface area contributed by atoms with Crippen molar-refractivity contribution in [3.05, 3.63) is 23.5 Å². The van der Waals surface area contributed by atoms with Crippen molar-refractivity contribution in [1.29, 1.82) is 0 Å². The molecule has 1 fully saturated rings. The molecule has 4 nitrogen and oxygen atoms in total. The predicted molar refractivity (Wildman–Crippen MR) is 49.4 cm³/mol. The van der Waals surface area contributed by atoms with E-state index in [2.05, 4.69) is 0 Å². The van der Waals surface area contributed by atoms with Crippen LogP contribution >= 0.6 is 0 Å². The molecular formula is C10H11NO3. The summed E-state index contributed by atoms with van der Waals surface area (Å²) in [7, 11) is 1.63. The third kappa shape index (κ3) is 1.43. The molecule has 0 spiro atoms. The number of hydrogen-bond donors (Lipinski definition) is 1. The van der Waals surface area contributed by atoms with Crippen LogP contribution in [-0.4, -0.2) is 21.4 Å². The van der Waals surface area contributed by atoms with E-state index in [4.69, 9.17) is 5.11 Å². The zero-order valence-electron chi connectivity index (χ0n) is 7.86. The van der Waals surface area contributed by atoms with Crippen molar-refractivity contribution in [2.24, 2.45) is 13.0 Å². The molecule has 0 amide bonds. The Morgan fingerprint density at radius 3 is 2.57 bits per heavy atom. The maximum absolute atomic E-state index is 11.6. The van der Waals surface area contributed by atoms with E-state index >= 15 is 0 Å². The van der Waals surface area contributed by atoms with Crippen LogP contribution in [0.25, 0.3) is 0 Å². The molecular weight excluding hydrogens is 182 g/mol. The van der Waals surface area contributed by atoms with Gasteiger partial charge in [-0.2, -0.15) is 0 Å². The van der Waals surface area contributed by atoms with Gasteiger partial charge in [-0.25, -0.2) is 4.79 Å². The highest BCUT2D eigenvalue weighted by molar-refractivity contribution is 6.01. The van der Waals surface area contributed by atoms with Gasteiger partial charge in [0.05, 0.1) is 0 Å². The molecule has 1 N–H and O–H groups in total. The first-order valence-corrected chi connectivity index (χ1v) is 4.53. The van der Waals surface area contributed by atoms with Crippen LogP contribution in [0.4, 0.5) is 0 Å². The summed E-state index contributed by atoms with van der Waals surface area (Å²) in [6, 6.07) is 1.45. The lowest BCUT2D eigenvalue weighted by atomic mass is 10.1. The largest absolute Gasteiger partial charge is 0.477 e. The minimum atomic E-state index is -0.998. The summed E-state index contributed by atoms with van der Waals surface area (Å²) in [5, 5.41) is 8.78. The second-order valence-corrected chi connectivity index (χ2v) is 3.67. The van der Waals surface area contributed by atoms with Gasteiger partial charge in [0, 0.05) is 24.7 Å². The first-order valence-electron chi connectivity index (χ1n) is 4.53. The number of carboxylic acid groups (broad SMARTS) is 1. The number of nitrogens with zero attached hydrogens (tertiary/aromatic N) is 1. The van der Waals surface area contributed by atoms with Crippen molar-refractivity contribution in [3.8, 4) is 0 Å². The number of carboxylic acids is 1. The van der Waals surface area contributed by atoms with Gasteiger partial charge in [0.15, 0.2) is 5.78 Å². The fraction of sp³-hybridized carbons (Fsp3) is 0.400. The van der Waals surface area contributed by atoms with E-state index < -0.39 is 5.97 Å². The van der Waals surface area contributed by atoms with Crippen LogP contribution in [0.5, 0.6) is 0 Å². The number of rotatable bonds is 3. The molecule has 1 aliphatic carbocycles. The minimum Gasteiger partial charge on any atom is -0.477 e. The lowest BCUT2D eigenvalue weighted by Gasteiger charge is -1.93. The van der Waals surface area contributed by atoms with Crippen LogP contribution in [0.15, 0.2) is 12.3 Å². The van der Waals surface area contributed by atoms with Gasteiger partial charge >= 0.3 is 5.97 Å². The fourth-order valence-corrected chi connectivity index (χ4v) is 1.49. The molecule has 1 aromatic rings. The van der Waals surface area contributed by atoms with Gasteiger partial charge in [-0.3, -0.25) is 4.79 Å². The maximum atomic E-state index is 11.6. The molecule has 0 saturated heterocycles. The van der Waals surface area contributed by atoms with E-state index in [1.54, 1.807) is 13.2 Å². The lowest BCUT2D eigenvalue weighted by molar-refractivity contribution is 0.0686. The van der Waals surface area contributed by atoms with Crippen molar-refractivity contribution in [2.75, 3.05) is 0 Å². The average molecular weight is 193 g/mol. The zero-order chi connectivity index (χ0) is 10.3. The van der Waals surface area contributed by atoms with Gasteiger partial charge in [-0.15, -0.1) is 0 Å². The van der Waals surface area contributed by atoms with E-state index in [0.29, 0.717) is 5.56 Å².